The summed E-state index contributed by atoms with van der Waals surface area (Å²) in [5.41, 5.74) is 0. The molecule has 0 fully saturated rings. The fourth-order valence-electron chi connectivity index (χ4n) is 3.49. The summed E-state index contributed by atoms with van der Waals surface area (Å²) in [7, 11) is 0. The summed E-state index contributed by atoms with van der Waals surface area (Å²) in [6, 6.07) is 0. The fraction of sp³-hybridized carbons (Fsp3) is 0.917. The van der Waals surface area contributed by atoms with Crippen LogP contribution in [0.25, 0.3) is 0 Å². The van der Waals surface area contributed by atoms with Gasteiger partial charge in [0.25, 0.3) is 0 Å². The van der Waals surface area contributed by atoms with Crippen LogP contribution in [0.4, 0.5) is 0 Å². The topological polar surface area (TPSA) is 63.6 Å². The molecule has 0 aromatic rings. The smallest absolute Gasteiger partial charge is 0.345 e. The molecule has 0 aromatic heterocycles. The molecule has 0 aliphatic carbocycles. The Balaban J connectivity index is 3.66. The first kappa shape index (κ1) is 26.9. The number of unbranched alkanes of at least 4 members (excludes halogenated alkanes) is 15. The third kappa shape index (κ3) is 18.3. The number of hydrogen-bond donors (Lipinski definition) is 1. The predicted octanol–water partition coefficient (Wildman–Crippen LogP) is 7.43. The average Bonchev–Trinajstić information content (AvgIpc) is 2.67. The van der Waals surface area contributed by atoms with Crippen LogP contribution in [0, 0.1) is 0 Å². The number of carboxylic acid groups (broad SMARTS) is 1. The van der Waals surface area contributed by atoms with Gasteiger partial charge in [0.15, 0.2) is 6.10 Å². The van der Waals surface area contributed by atoms with Crippen LogP contribution >= 0.6 is 0 Å². The number of ether oxygens (including phenoxy) is 1. The van der Waals surface area contributed by atoms with Gasteiger partial charge in [-0.3, -0.25) is 4.79 Å². The van der Waals surface area contributed by atoms with Gasteiger partial charge in [-0.15, -0.1) is 0 Å². The molecule has 1 atom stereocenters. The Morgan fingerprint density at radius 3 is 1.46 bits per heavy atom. The molecule has 4 nitrogen and oxygen atoms in total. The second-order valence-electron chi connectivity index (χ2n) is 8.16. The quantitative estimate of drug-likeness (QED) is 0.161. The zero-order valence-electron chi connectivity index (χ0n) is 18.7. The van der Waals surface area contributed by atoms with Crippen molar-refractivity contribution < 1.29 is 19.4 Å². The zero-order chi connectivity index (χ0) is 20.9. The van der Waals surface area contributed by atoms with Crippen LogP contribution in [0.2, 0.25) is 0 Å². The van der Waals surface area contributed by atoms with E-state index in [1.165, 1.54) is 70.6 Å². The maximum Gasteiger partial charge on any atom is 0.345 e. The largest absolute Gasteiger partial charge is 0.479 e. The Morgan fingerprint density at radius 2 is 1.04 bits per heavy atom. The van der Waals surface area contributed by atoms with E-state index in [1.807, 2.05) is 0 Å². The van der Waals surface area contributed by atoms with Crippen molar-refractivity contribution in [1.29, 1.82) is 0 Å². The highest BCUT2D eigenvalue weighted by atomic mass is 16.6. The lowest BCUT2D eigenvalue weighted by Gasteiger charge is -2.13. The molecular weight excluding hydrogens is 352 g/mol. The molecule has 0 bridgehead atoms. The van der Waals surface area contributed by atoms with Crippen LogP contribution in [0.1, 0.15) is 136 Å². The summed E-state index contributed by atoms with van der Waals surface area (Å²) in [6.07, 6.45) is 19.9. The third-order valence-corrected chi connectivity index (χ3v) is 5.35. The number of carbonyl (C=O) groups excluding carboxylic acids is 1. The van der Waals surface area contributed by atoms with Crippen molar-refractivity contribution in [2.24, 2.45) is 0 Å². The van der Waals surface area contributed by atoms with Crippen molar-refractivity contribution in [2.45, 2.75) is 142 Å². The van der Waals surface area contributed by atoms with E-state index in [4.69, 9.17) is 4.74 Å². The molecule has 0 saturated carbocycles. The molecule has 0 heterocycles. The molecule has 1 N–H and O–H groups in total. The second kappa shape index (κ2) is 20.7. The summed E-state index contributed by atoms with van der Waals surface area (Å²) in [5.74, 6) is -1.36. The molecule has 0 spiro atoms. The number of esters is 1. The van der Waals surface area contributed by atoms with Crippen LogP contribution in [-0.2, 0) is 14.3 Å². The summed E-state index contributed by atoms with van der Waals surface area (Å²) in [4.78, 5) is 23.2. The zero-order valence-corrected chi connectivity index (χ0v) is 18.7. The van der Waals surface area contributed by atoms with Gasteiger partial charge in [-0.05, 0) is 19.3 Å². The number of hydrogen-bond acceptors (Lipinski definition) is 3. The van der Waals surface area contributed by atoms with Crippen LogP contribution in [0.5, 0.6) is 0 Å². The van der Waals surface area contributed by atoms with Gasteiger partial charge in [0.1, 0.15) is 0 Å². The second-order valence-corrected chi connectivity index (χ2v) is 8.16. The van der Waals surface area contributed by atoms with Crippen LogP contribution in [0.3, 0.4) is 0 Å². The van der Waals surface area contributed by atoms with Gasteiger partial charge in [-0.25, -0.2) is 4.79 Å². The molecular formula is C24H46O4. The lowest BCUT2D eigenvalue weighted by Crippen LogP contribution is -2.27. The highest BCUT2D eigenvalue weighted by Crippen LogP contribution is 2.14. The summed E-state index contributed by atoms with van der Waals surface area (Å²) >= 11 is 0. The minimum absolute atomic E-state index is 0.344. The Labute approximate surface area is 173 Å². The Bertz CT molecular complexity index is 368. The number of rotatable bonds is 21. The molecule has 4 heteroatoms. The van der Waals surface area contributed by atoms with E-state index >= 15 is 0 Å². The van der Waals surface area contributed by atoms with E-state index < -0.39 is 12.1 Å². The van der Waals surface area contributed by atoms with Crippen molar-refractivity contribution in [3.05, 3.63) is 0 Å². The number of carboxylic acids is 1. The molecule has 166 valence electrons. The third-order valence-electron chi connectivity index (χ3n) is 5.35. The summed E-state index contributed by atoms with van der Waals surface area (Å²) in [6.45, 7) is 4.44. The Morgan fingerprint density at radius 1 is 0.643 bits per heavy atom. The van der Waals surface area contributed by atoms with Gasteiger partial charge in [-0.1, -0.05) is 110 Å². The molecule has 1 unspecified atom stereocenters. The van der Waals surface area contributed by atoms with E-state index in [1.54, 1.807) is 0 Å². The Hall–Kier alpha value is -1.06. The fourth-order valence-corrected chi connectivity index (χ4v) is 3.49. The van der Waals surface area contributed by atoms with Crippen molar-refractivity contribution in [2.75, 3.05) is 0 Å². The molecule has 0 aliphatic heterocycles. The molecule has 28 heavy (non-hydrogen) atoms. The predicted molar refractivity (Wildman–Crippen MR) is 117 cm³/mol. The molecule has 0 aliphatic rings. The molecule has 0 rings (SSSR count). The van der Waals surface area contributed by atoms with E-state index in [9.17, 15) is 14.7 Å². The monoisotopic (exact) mass is 398 g/mol. The van der Waals surface area contributed by atoms with Gasteiger partial charge in [-0.2, -0.15) is 0 Å². The van der Waals surface area contributed by atoms with E-state index in [0.717, 1.165) is 38.5 Å². The first-order valence-electron chi connectivity index (χ1n) is 12.0. The van der Waals surface area contributed by atoms with Crippen LogP contribution in [-0.4, -0.2) is 23.1 Å². The molecule has 0 radical (unpaired) electrons. The van der Waals surface area contributed by atoms with Gasteiger partial charge >= 0.3 is 11.9 Å². The number of aliphatic carboxylic acids is 1. The maximum absolute atomic E-state index is 11.9. The first-order chi connectivity index (χ1) is 13.6. The van der Waals surface area contributed by atoms with Gasteiger partial charge in [0, 0.05) is 6.42 Å². The molecule has 0 saturated heterocycles. The van der Waals surface area contributed by atoms with Crippen LogP contribution < -0.4 is 0 Å². The van der Waals surface area contributed by atoms with Gasteiger partial charge in [0.05, 0.1) is 0 Å². The summed E-state index contributed by atoms with van der Waals surface area (Å²) in [5, 5.41) is 9.27. The highest BCUT2D eigenvalue weighted by molar-refractivity contribution is 5.77. The first-order valence-corrected chi connectivity index (χ1v) is 12.0. The maximum atomic E-state index is 11.9. The lowest BCUT2D eigenvalue weighted by molar-refractivity contribution is -0.164. The number of carbonyl (C=O) groups is 2. The van der Waals surface area contributed by atoms with Crippen molar-refractivity contribution in [3.63, 3.8) is 0 Å². The van der Waals surface area contributed by atoms with E-state index in [2.05, 4.69) is 13.8 Å². The minimum Gasteiger partial charge on any atom is -0.479 e. The Kier molecular flexibility index (Phi) is 19.9. The van der Waals surface area contributed by atoms with E-state index in [-0.39, 0.29) is 5.97 Å². The molecule has 0 amide bonds. The van der Waals surface area contributed by atoms with Crippen molar-refractivity contribution in [3.8, 4) is 0 Å². The van der Waals surface area contributed by atoms with Gasteiger partial charge in [0.2, 0.25) is 0 Å². The SMILES string of the molecule is CCCCCCCCCCCC(=O)OC(CCCCCCCCCC)C(=O)O. The molecule has 0 aromatic carbocycles. The lowest BCUT2D eigenvalue weighted by atomic mass is 10.1. The highest BCUT2D eigenvalue weighted by Gasteiger charge is 2.21. The summed E-state index contributed by atoms with van der Waals surface area (Å²) < 4.78 is 5.21. The minimum atomic E-state index is -1.01. The van der Waals surface area contributed by atoms with E-state index in [0.29, 0.717) is 12.8 Å². The normalized spacial score (nSPS) is 12.1. The van der Waals surface area contributed by atoms with Crippen LogP contribution in [0.15, 0.2) is 0 Å². The average molecular weight is 399 g/mol. The standard InChI is InChI=1S/C24H46O4/c1-3-5-7-9-11-13-15-17-19-21-23(25)28-22(24(26)27)20-18-16-14-12-10-8-6-4-2/h22H,3-21H2,1-2H3,(H,26,27). The van der Waals surface area contributed by atoms with Gasteiger partial charge < -0.3 is 9.84 Å². The van der Waals surface area contributed by atoms with Crippen molar-refractivity contribution >= 4 is 11.9 Å². The van der Waals surface area contributed by atoms with Crippen molar-refractivity contribution in [1.82, 2.24) is 0 Å².